The Morgan fingerprint density at radius 1 is 1.23 bits per heavy atom. The molecule has 1 aliphatic rings. The molecule has 158 valence electrons. The zero-order valence-electron chi connectivity index (χ0n) is 17.6. The van der Waals surface area contributed by atoms with Crippen molar-refractivity contribution < 1.29 is 9.50 Å². The summed E-state index contributed by atoms with van der Waals surface area (Å²) in [5.41, 5.74) is 2.34. The van der Waals surface area contributed by atoms with Gasteiger partial charge in [-0.2, -0.15) is 0 Å². The molecule has 1 aromatic carbocycles. The van der Waals surface area contributed by atoms with E-state index in [1.807, 2.05) is 38.1 Å². The highest BCUT2D eigenvalue weighted by atomic mass is 19.1. The minimum Gasteiger partial charge on any atom is -0.395 e. The molecule has 2 aromatic heterocycles. The van der Waals surface area contributed by atoms with E-state index in [0.29, 0.717) is 12.4 Å². The molecule has 0 radical (unpaired) electrons. The van der Waals surface area contributed by atoms with Crippen molar-refractivity contribution in [3.05, 3.63) is 53.9 Å². The summed E-state index contributed by atoms with van der Waals surface area (Å²) >= 11 is 0. The molecule has 8 heteroatoms. The van der Waals surface area contributed by atoms with Crippen LogP contribution in [-0.4, -0.2) is 71.3 Å². The number of halogens is 1. The first-order valence-electron chi connectivity index (χ1n) is 10.1. The standard InChI is InChI=1S/C22H27FN6O/c1-15-25-18(11-21(26-15)29-8-7-27(2)19(13-29)14-30)12-28(3)20-10-17(23)9-16-5-4-6-24-22(16)20/h4-6,9-11,19,30H,7-8,12-14H2,1-3H3. The average Bonchev–Trinajstić information content (AvgIpc) is 2.73. The van der Waals surface area contributed by atoms with Crippen molar-refractivity contribution in [1.82, 2.24) is 19.9 Å². The van der Waals surface area contributed by atoms with Crippen LogP contribution in [0.5, 0.6) is 0 Å². The predicted molar refractivity (Wildman–Crippen MR) is 116 cm³/mol. The molecule has 30 heavy (non-hydrogen) atoms. The van der Waals surface area contributed by atoms with Crippen molar-refractivity contribution >= 4 is 22.4 Å². The van der Waals surface area contributed by atoms with E-state index in [2.05, 4.69) is 24.8 Å². The van der Waals surface area contributed by atoms with E-state index in [9.17, 15) is 9.50 Å². The lowest BCUT2D eigenvalue weighted by molar-refractivity contribution is 0.135. The minimum absolute atomic E-state index is 0.0878. The van der Waals surface area contributed by atoms with Gasteiger partial charge in [0, 0.05) is 44.3 Å². The Morgan fingerprint density at radius 3 is 2.87 bits per heavy atom. The minimum atomic E-state index is -0.288. The molecule has 0 aliphatic carbocycles. The van der Waals surface area contributed by atoms with Crippen LogP contribution in [0.1, 0.15) is 11.5 Å². The molecule has 7 nitrogen and oxygen atoms in total. The van der Waals surface area contributed by atoms with E-state index in [-0.39, 0.29) is 18.5 Å². The first-order chi connectivity index (χ1) is 14.4. The largest absolute Gasteiger partial charge is 0.395 e. The normalized spacial score (nSPS) is 17.5. The van der Waals surface area contributed by atoms with Gasteiger partial charge in [0.2, 0.25) is 0 Å². The third kappa shape index (κ3) is 4.20. The lowest BCUT2D eigenvalue weighted by Crippen LogP contribution is -2.53. The number of rotatable bonds is 5. The Labute approximate surface area is 175 Å². The zero-order chi connectivity index (χ0) is 21.3. The maximum Gasteiger partial charge on any atom is 0.132 e. The smallest absolute Gasteiger partial charge is 0.132 e. The summed E-state index contributed by atoms with van der Waals surface area (Å²) < 4.78 is 14.2. The monoisotopic (exact) mass is 410 g/mol. The van der Waals surface area contributed by atoms with E-state index >= 15 is 0 Å². The average molecular weight is 410 g/mol. The molecule has 4 rings (SSSR count). The fraction of sp³-hybridized carbons (Fsp3) is 0.409. The third-order valence-electron chi connectivity index (χ3n) is 5.65. The van der Waals surface area contributed by atoms with Crippen molar-refractivity contribution in [2.24, 2.45) is 0 Å². The van der Waals surface area contributed by atoms with E-state index in [1.165, 1.54) is 12.1 Å². The van der Waals surface area contributed by atoms with Gasteiger partial charge in [-0.1, -0.05) is 6.07 Å². The van der Waals surface area contributed by atoms with Crippen molar-refractivity contribution in [3.63, 3.8) is 0 Å². The second-order valence-electron chi connectivity index (χ2n) is 7.88. The number of hydrogen-bond donors (Lipinski definition) is 1. The fourth-order valence-electron chi connectivity index (χ4n) is 3.96. The molecule has 0 amide bonds. The van der Waals surface area contributed by atoms with Gasteiger partial charge in [-0.3, -0.25) is 9.88 Å². The molecule has 3 aromatic rings. The SMILES string of the molecule is Cc1nc(CN(C)c2cc(F)cc3cccnc23)cc(N2CCN(C)C(CO)C2)n1. The Hall–Kier alpha value is -2.84. The van der Waals surface area contributed by atoms with Gasteiger partial charge >= 0.3 is 0 Å². The van der Waals surface area contributed by atoms with Gasteiger partial charge in [-0.25, -0.2) is 14.4 Å². The quantitative estimate of drug-likeness (QED) is 0.692. The zero-order valence-corrected chi connectivity index (χ0v) is 17.6. The summed E-state index contributed by atoms with van der Waals surface area (Å²) in [7, 11) is 3.94. The topological polar surface area (TPSA) is 68.6 Å². The number of aliphatic hydroxyl groups excluding tert-OH is 1. The molecule has 1 saturated heterocycles. The van der Waals surface area contributed by atoms with E-state index in [4.69, 9.17) is 0 Å². The third-order valence-corrected chi connectivity index (χ3v) is 5.65. The highest BCUT2D eigenvalue weighted by Gasteiger charge is 2.25. The number of hydrogen-bond acceptors (Lipinski definition) is 7. The summed E-state index contributed by atoms with van der Waals surface area (Å²) in [6, 6.07) is 8.75. The maximum atomic E-state index is 14.2. The molecule has 1 fully saturated rings. The Bertz CT molecular complexity index is 1050. The van der Waals surface area contributed by atoms with Crippen molar-refractivity contribution in [1.29, 1.82) is 0 Å². The van der Waals surface area contributed by atoms with Crippen LogP contribution in [0.3, 0.4) is 0 Å². The summed E-state index contributed by atoms with van der Waals surface area (Å²) in [5.74, 6) is 1.27. The highest BCUT2D eigenvalue weighted by Crippen LogP contribution is 2.27. The Balaban J connectivity index is 1.60. The van der Waals surface area contributed by atoms with E-state index < -0.39 is 0 Å². The van der Waals surface area contributed by atoms with E-state index in [0.717, 1.165) is 47.7 Å². The van der Waals surface area contributed by atoms with Gasteiger partial charge < -0.3 is 14.9 Å². The summed E-state index contributed by atoms with van der Waals surface area (Å²) in [6.45, 7) is 4.93. The van der Waals surface area contributed by atoms with Crippen LogP contribution in [0.15, 0.2) is 36.5 Å². The molecular weight excluding hydrogens is 383 g/mol. The van der Waals surface area contributed by atoms with Gasteiger partial charge in [0.05, 0.1) is 36.1 Å². The number of aliphatic hydroxyl groups is 1. The molecule has 1 N–H and O–H groups in total. The number of anilines is 2. The van der Waals surface area contributed by atoms with Gasteiger partial charge in [-0.05, 0) is 32.2 Å². The number of benzene rings is 1. The predicted octanol–water partition coefficient (Wildman–Crippen LogP) is 2.22. The Morgan fingerprint density at radius 2 is 2.07 bits per heavy atom. The van der Waals surface area contributed by atoms with Crippen LogP contribution in [0.4, 0.5) is 15.9 Å². The van der Waals surface area contributed by atoms with Gasteiger partial charge in [-0.15, -0.1) is 0 Å². The molecule has 1 atom stereocenters. The number of nitrogens with zero attached hydrogens (tertiary/aromatic N) is 6. The molecular formula is C22H27FN6O. The van der Waals surface area contributed by atoms with Crippen LogP contribution in [-0.2, 0) is 6.54 Å². The van der Waals surface area contributed by atoms with Crippen molar-refractivity contribution in [3.8, 4) is 0 Å². The molecule has 0 spiro atoms. The molecule has 0 saturated carbocycles. The first kappa shape index (κ1) is 20.4. The van der Waals surface area contributed by atoms with Crippen LogP contribution < -0.4 is 9.80 Å². The highest BCUT2D eigenvalue weighted by molar-refractivity contribution is 5.90. The number of fused-ring (bicyclic) bond motifs is 1. The number of pyridine rings is 1. The summed E-state index contributed by atoms with van der Waals surface area (Å²) in [4.78, 5) is 20.0. The van der Waals surface area contributed by atoms with Crippen LogP contribution >= 0.6 is 0 Å². The number of aryl methyl sites for hydroxylation is 1. The fourth-order valence-corrected chi connectivity index (χ4v) is 3.96. The van der Waals surface area contributed by atoms with Crippen LogP contribution in [0.25, 0.3) is 10.9 Å². The first-order valence-corrected chi connectivity index (χ1v) is 10.1. The lowest BCUT2D eigenvalue weighted by atomic mass is 10.1. The van der Waals surface area contributed by atoms with Gasteiger partial charge in [0.25, 0.3) is 0 Å². The van der Waals surface area contributed by atoms with Crippen LogP contribution in [0.2, 0.25) is 0 Å². The summed E-state index contributed by atoms with van der Waals surface area (Å²) in [6.07, 6.45) is 1.72. The number of likely N-dealkylation sites (N-methyl/N-ethyl adjacent to an activating group) is 1. The van der Waals surface area contributed by atoms with Gasteiger partial charge in [0.15, 0.2) is 0 Å². The molecule has 1 aliphatic heterocycles. The molecule has 1 unspecified atom stereocenters. The molecule has 3 heterocycles. The second kappa shape index (κ2) is 8.49. The second-order valence-corrected chi connectivity index (χ2v) is 7.88. The maximum absolute atomic E-state index is 14.2. The summed E-state index contributed by atoms with van der Waals surface area (Å²) in [5, 5.41) is 10.4. The van der Waals surface area contributed by atoms with Gasteiger partial charge in [0.1, 0.15) is 17.5 Å². The van der Waals surface area contributed by atoms with Crippen LogP contribution in [0, 0.1) is 12.7 Å². The van der Waals surface area contributed by atoms with Crippen molar-refractivity contribution in [2.45, 2.75) is 19.5 Å². The molecule has 0 bridgehead atoms. The lowest BCUT2D eigenvalue weighted by Gasteiger charge is -2.39. The van der Waals surface area contributed by atoms with E-state index in [1.54, 1.807) is 12.3 Å². The number of piperazine rings is 1. The van der Waals surface area contributed by atoms with Crippen molar-refractivity contribution in [2.75, 3.05) is 50.1 Å². The number of aromatic nitrogens is 3. The Kier molecular flexibility index (Phi) is 5.78.